The molecule has 0 fully saturated rings. The summed E-state index contributed by atoms with van der Waals surface area (Å²) in [6.07, 6.45) is 36.5. The molecular formula is C31H62O2. The largest absolute Gasteiger partial charge is 0.466 e. The Labute approximate surface area is 209 Å². The lowest BCUT2D eigenvalue weighted by Gasteiger charge is -2.05. The Morgan fingerprint density at radius 2 is 0.667 bits per heavy atom. The van der Waals surface area contributed by atoms with Gasteiger partial charge in [0, 0.05) is 6.42 Å². The van der Waals surface area contributed by atoms with E-state index in [9.17, 15) is 4.79 Å². The van der Waals surface area contributed by atoms with Crippen LogP contribution in [0, 0.1) is 0 Å². The Morgan fingerprint density at radius 3 is 0.970 bits per heavy atom. The average Bonchev–Trinajstić information content (AvgIpc) is 2.82. The van der Waals surface area contributed by atoms with Crippen molar-refractivity contribution >= 4 is 5.97 Å². The third-order valence-electron chi connectivity index (χ3n) is 7.00. The fourth-order valence-electron chi connectivity index (χ4n) is 4.64. The maximum absolute atomic E-state index is 11.4. The fourth-order valence-corrected chi connectivity index (χ4v) is 4.64. The third kappa shape index (κ3) is 29.4. The maximum atomic E-state index is 11.4. The zero-order valence-corrected chi connectivity index (χ0v) is 23.1. The van der Waals surface area contributed by atoms with Crippen LogP contribution in [0.5, 0.6) is 0 Å². The van der Waals surface area contributed by atoms with Crippen molar-refractivity contribution in [1.82, 2.24) is 0 Å². The summed E-state index contributed by atoms with van der Waals surface area (Å²) < 4.78 is 5.25. The van der Waals surface area contributed by atoms with Crippen molar-refractivity contribution in [2.45, 2.75) is 187 Å². The molecule has 0 aromatic carbocycles. The molecule has 0 aromatic heterocycles. The van der Waals surface area contributed by atoms with E-state index in [0.717, 1.165) is 19.3 Å². The molecule has 0 radical (unpaired) electrons. The molecule has 0 unspecified atom stereocenters. The van der Waals surface area contributed by atoms with Crippen LogP contribution in [0.1, 0.15) is 187 Å². The van der Waals surface area contributed by atoms with Crippen LogP contribution in [0.3, 0.4) is 0 Å². The minimum Gasteiger partial charge on any atom is -0.466 e. The first kappa shape index (κ1) is 32.5. The molecule has 0 aliphatic rings. The van der Waals surface area contributed by atoms with Crippen molar-refractivity contribution in [2.24, 2.45) is 0 Å². The van der Waals surface area contributed by atoms with E-state index in [1.165, 1.54) is 148 Å². The Morgan fingerprint density at radius 1 is 0.394 bits per heavy atom. The smallest absolute Gasteiger partial charge is 0.305 e. The molecule has 0 bridgehead atoms. The highest BCUT2D eigenvalue weighted by Crippen LogP contribution is 2.15. The average molecular weight is 467 g/mol. The summed E-state index contributed by atoms with van der Waals surface area (Å²) in [5.74, 6) is -0.00839. The van der Waals surface area contributed by atoms with Gasteiger partial charge in [0.25, 0.3) is 0 Å². The van der Waals surface area contributed by atoms with Gasteiger partial charge < -0.3 is 4.74 Å². The van der Waals surface area contributed by atoms with Crippen LogP contribution in [0.25, 0.3) is 0 Å². The van der Waals surface area contributed by atoms with E-state index in [4.69, 9.17) is 4.74 Å². The van der Waals surface area contributed by atoms with Gasteiger partial charge in [0.2, 0.25) is 0 Å². The van der Waals surface area contributed by atoms with E-state index in [-0.39, 0.29) is 5.97 Å². The molecule has 0 heterocycles. The molecular weight excluding hydrogens is 404 g/mol. The van der Waals surface area contributed by atoms with Crippen LogP contribution >= 0.6 is 0 Å². The second kappa shape index (κ2) is 29.5. The molecule has 0 rings (SSSR count). The van der Waals surface area contributed by atoms with Crippen molar-refractivity contribution in [3.8, 4) is 0 Å². The number of carbonyl (C=O) groups excluding carboxylic acids is 1. The molecule has 0 aromatic rings. The summed E-state index contributed by atoms with van der Waals surface area (Å²) >= 11 is 0. The maximum Gasteiger partial charge on any atom is 0.305 e. The van der Waals surface area contributed by atoms with Crippen LogP contribution < -0.4 is 0 Å². The van der Waals surface area contributed by atoms with E-state index in [0.29, 0.717) is 13.0 Å². The lowest BCUT2D eigenvalue weighted by molar-refractivity contribution is -0.143. The fraction of sp³-hybridized carbons (Fsp3) is 0.968. The number of hydrogen-bond acceptors (Lipinski definition) is 2. The molecule has 0 aliphatic carbocycles. The van der Waals surface area contributed by atoms with Crippen LogP contribution in [-0.2, 0) is 9.53 Å². The predicted octanol–water partition coefficient (Wildman–Crippen LogP) is 11.1. The van der Waals surface area contributed by atoms with Gasteiger partial charge in [-0.2, -0.15) is 0 Å². The first-order chi connectivity index (χ1) is 16.3. The van der Waals surface area contributed by atoms with E-state index in [1.54, 1.807) is 0 Å². The van der Waals surface area contributed by atoms with Gasteiger partial charge in [0.05, 0.1) is 6.61 Å². The van der Waals surface area contributed by atoms with E-state index >= 15 is 0 Å². The number of carbonyl (C=O) groups is 1. The second-order valence-corrected chi connectivity index (χ2v) is 10.5. The normalized spacial score (nSPS) is 11.2. The molecule has 0 aliphatic heterocycles. The highest BCUT2D eigenvalue weighted by molar-refractivity contribution is 5.69. The van der Waals surface area contributed by atoms with Crippen LogP contribution in [-0.4, -0.2) is 12.6 Å². The van der Waals surface area contributed by atoms with Gasteiger partial charge in [-0.1, -0.05) is 168 Å². The van der Waals surface area contributed by atoms with Crippen LogP contribution in [0.15, 0.2) is 0 Å². The first-order valence-corrected chi connectivity index (χ1v) is 15.5. The lowest BCUT2D eigenvalue weighted by atomic mass is 10.0. The van der Waals surface area contributed by atoms with E-state index < -0.39 is 0 Å². The summed E-state index contributed by atoms with van der Waals surface area (Å²) in [7, 11) is 0. The summed E-state index contributed by atoms with van der Waals surface area (Å²) in [6, 6.07) is 0. The Kier molecular flexibility index (Phi) is 29.0. The number of unbranched alkanes of at least 4 members (excludes halogenated alkanes) is 24. The summed E-state index contributed by atoms with van der Waals surface area (Å²) in [5, 5.41) is 0. The number of rotatable bonds is 28. The zero-order chi connectivity index (χ0) is 24.1. The van der Waals surface area contributed by atoms with Gasteiger partial charge in [-0.25, -0.2) is 0 Å². The van der Waals surface area contributed by atoms with Gasteiger partial charge in [0.15, 0.2) is 0 Å². The van der Waals surface area contributed by atoms with Crippen molar-refractivity contribution in [3.05, 3.63) is 0 Å². The van der Waals surface area contributed by atoms with E-state index in [1.807, 2.05) is 0 Å². The molecule has 0 amide bonds. The molecule has 0 N–H and O–H groups in total. The third-order valence-corrected chi connectivity index (χ3v) is 7.00. The van der Waals surface area contributed by atoms with Crippen LogP contribution in [0.4, 0.5) is 0 Å². The van der Waals surface area contributed by atoms with Crippen LogP contribution in [0.2, 0.25) is 0 Å². The standard InChI is InChI=1S/C31H62O2/c1-3-5-7-8-9-10-11-12-13-14-15-16-17-18-19-20-21-22-23-24-25-26-27-28-30-33-31(32)29-6-4-2/h3-30H2,1-2H3. The lowest BCUT2D eigenvalue weighted by Crippen LogP contribution is -2.05. The van der Waals surface area contributed by atoms with E-state index in [2.05, 4.69) is 13.8 Å². The second-order valence-electron chi connectivity index (χ2n) is 10.5. The highest BCUT2D eigenvalue weighted by atomic mass is 16.5. The summed E-state index contributed by atoms with van der Waals surface area (Å²) in [4.78, 5) is 11.4. The Bertz CT molecular complexity index is 366. The SMILES string of the molecule is CCCCCCCCCCCCCCCCCCCCCCCCCCOC(=O)CCCC. The first-order valence-electron chi connectivity index (χ1n) is 15.5. The molecule has 0 saturated heterocycles. The zero-order valence-electron chi connectivity index (χ0n) is 23.1. The van der Waals surface area contributed by atoms with Gasteiger partial charge in [-0.15, -0.1) is 0 Å². The number of ether oxygens (including phenoxy) is 1. The molecule has 0 atom stereocenters. The van der Waals surface area contributed by atoms with Gasteiger partial charge in [-0.05, 0) is 12.8 Å². The van der Waals surface area contributed by atoms with Crippen molar-refractivity contribution in [3.63, 3.8) is 0 Å². The molecule has 2 nitrogen and oxygen atoms in total. The molecule has 0 spiro atoms. The van der Waals surface area contributed by atoms with Crippen molar-refractivity contribution in [1.29, 1.82) is 0 Å². The highest BCUT2D eigenvalue weighted by Gasteiger charge is 2.01. The minimum atomic E-state index is -0.00839. The monoisotopic (exact) mass is 466 g/mol. The topological polar surface area (TPSA) is 26.3 Å². The molecule has 2 heteroatoms. The Balaban J connectivity index is 3.04. The van der Waals surface area contributed by atoms with Gasteiger partial charge in [-0.3, -0.25) is 4.79 Å². The quantitative estimate of drug-likeness (QED) is 0.0846. The van der Waals surface area contributed by atoms with Gasteiger partial charge in [0.1, 0.15) is 0 Å². The number of hydrogen-bond donors (Lipinski definition) is 0. The Hall–Kier alpha value is -0.530. The predicted molar refractivity (Wildman–Crippen MR) is 147 cm³/mol. The minimum absolute atomic E-state index is 0.00839. The molecule has 0 saturated carbocycles. The number of esters is 1. The summed E-state index contributed by atoms with van der Waals surface area (Å²) in [5.41, 5.74) is 0. The van der Waals surface area contributed by atoms with Gasteiger partial charge >= 0.3 is 5.97 Å². The molecule has 33 heavy (non-hydrogen) atoms. The molecule has 198 valence electrons. The van der Waals surface area contributed by atoms with Crippen molar-refractivity contribution < 1.29 is 9.53 Å². The van der Waals surface area contributed by atoms with Crippen molar-refractivity contribution in [2.75, 3.05) is 6.61 Å². The summed E-state index contributed by atoms with van der Waals surface area (Å²) in [6.45, 7) is 5.03.